The molecule has 1 amide bonds. The van der Waals surface area contributed by atoms with E-state index in [4.69, 9.17) is 0 Å². The van der Waals surface area contributed by atoms with Crippen LogP contribution in [-0.4, -0.2) is 16.1 Å². The molecular weight excluding hydrogens is 329 g/mol. The summed E-state index contributed by atoms with van der Waals surface area (Å²) in [5, 5.41) is 9.76. The van der Waals surface area contributed by atoms with Crippen molar-refractivity contribution >= 4 is 34.2 Å². The number of H-pyrrole nitrogens is 1. The fraction of sp³-hybridized carbons (Fsp3) is 0.167. The van der Waals surface area contributed by atoms with Crippen molar-refractivity contribution in [3.05, 3.63) is 44.8 Å². The summed E-state index contributed by atoms with van der Waals surface area (Å²) >= 11 is 2.15. The van der Waals surface area contributed by atoms with E-state index in [2.05, 4.69) is 38.1 Å². The Labute approximate surface area is 113 Å². The summed E-state index contributed by atoms with van der Waals surface area (Å²) < 4.78 is 0.932. The van der Waals surface area contributed by atoms with Crippen molar-refractivity contribution in [3.63, 3.8) is 0 Å². The topological polar surface area (TPSA) is 57.8 Å². The lowest BCUT2D eigenvalue weighted by Crippen LogP contribution is -2.14. The molecule has 0 saturated carbocycles. The third kappa shape index (κ3) is 2.49. The number of nitrogens with one attached hydrogen (secondary N) is 2. The summed E-state index contributed by atoms with van der Waals surface area (Å²) in [6, 6.07) is 7.48. The molecule has 0 saturated heterocycles. The molecule has 0 aliphatic carbocycles. The number of amides is 1. The van der Waals surface area contributed by atoms with Crippen molar-refractivity contribution in [2.24, 2.45) is 0 Å². The standard InChI is InChI=1S/C12H12IN3O/c1-7-11(8(2)16-15-7)14-12(17)9-5-3-4-6-10(9)13/h3-6H,1-2H3,(H,14,17)(H,15,16). The molecule has 1 aromatic carbocycles. The maximum Gasteiger partial charge on any atom is 0.256 e. The van der Waals surface area contributed by atoms with Crippen molar-refractivity contribution < 1.29 is 4.79 Å². The van der Waals surface area contributed by atoms with Gasteiger partial charge in [0.1, 0.15) is 0 Å². The molecule has 0 atom stereocenters. The highest BCUT2D eigenvalue weighted by atomic mass is 127. The van der Waals surface area contributed by atoms with Gasteiger partial charge >= 0.3 is 0 Å². The second-order valence-corrected chi connectivity index (χ2v) is 4.91. The number of benzene rings is 1. The molecule has 1 heterocycles. The Morgan fingerprint density at radius 3 is 2.65 bits per heavy atom. The summed E-state index contributed by atoms with van der Waals surface area (Å²) in [4.78, 5) is 12.1. The minimum atomic E-state index is -0.109. The first-order valence-electron chi connectivity index (χ1n) is 5.17. The Kier molecular flexibility index (Phi) is 3.46. The van der Waals surface area contributed by atoms with Crippen molar-refractivity contribution in [3.8, 4) is 0 Å². The largest absolute Gasteiger partial charge is 0.319 e. The number of aromatic amines is 1. The van der Waals surface area contributed by atoms with Gasteiger partial charge in [0.05, 0.1) is 22.6 Å². The number of rotatable bonds is 2. The lowest BCUT2D eigenvalue weighted by atomic mass is 10.2. The summed E-state index contributed by atoms with van der Waals surface area (Å²) in [6.45, 7) is 3.74. The normalized spacial score (nSPS) is 10.3. The number of nitrogens with zero attached hydrogens (tertiary/aromatic N) is 1. The van der Waals surface area contributed by atoms with Crippen LogP contribution in [0.1, 0.15) is 21.7 Å². The van der Waals surface area contributed by atoms with E-state index in [0.29, 0.717) is 5.56 Å². The lowest BCUT2D eigenvalue weighted by Gasteiger charge is -2.06. The smallest absolute Gasteiger partial charge is 0.256 e. The number of hydrogen-bond donors (Lipinski definition) is 2. The summed E-state index contributed by atoms with van der Waals surface area (Å²) in [5.74, 6) is -0.109. The van der Waals surface area contributed by atoms with Gasteiger partial charge in [-0.1, -0.05) is 12.1 Å². The van der Waals surface area contributed by atoms with Gasteiger partial charge in [-0.3, -0.25) is 9.89 Å². The van der Waals surface area contributed by atoms with Gasteiger partial charge in [-0.2, -0.15) is 5.10 Å². The molecule has 2 N–H and O–H groups in total. The molecule has 5 heteroatoms. The Balaban J connectivity index is 2.27. The fourth-order valence-corrected chi connectivity index (χ4v) is 2.19. The molecule has 0 aliphatic rings. The highest BCUT2D eigenvalue weighted by molar-refractivity contribution is 14.1. The van der Waals surface area contributed by atoms with Gasteiger partial charge in [0, 0.05) is 3.57 Å². The zero-order valence-electron chi connectivity index (χ0n) is 9.54. The Morgan fingerprint density at radius 2 is 2.06 bits per heavy atom. The van der Waals surface area contributed by atoms with E-state index in [1.165, 1.54) is 0 Å². The molecule has 2 aromatic rings. The van der Waals surface area contributed by atoms with Gasteiger partial charge in [0.15, 0.2) is 0 Å². The second-order valence-electron chi connectivity index (χ2n) is 3.74. The minimum absolute atomic E-state index is 0.109. The molecule has 17 heavy (non-hydrogen) atoms. The SMILES string of the molecule is Cc1n[nH]c(C)c1NC(=O)c1ccccc1I. The monoisotopic (exact) mass is 341 g/mol. The number of hydrogen-bond acceptors (Lipinski definition) is 2. The number of aryl methyl sites for hydroxylation is 2. The predicted molar refractivity (Wildman–Crippen MR) is 75.2 cm³/mol. The Bertz CT molecular complexity index is 543. The van der Waals surface area contributed by atoms with Crippen LogP contribution in [0.5, 0.6) is 0 Å². The van der Waals surface area contributed by atoms with Gasteiger partial charge < -0.3 is 5.32 Å². The number of anilines is 1. The van der Waals surface area contributed by atoms with E-state index in [1.807, 2.05) is 38.1 Å². The van der Waals surface area contributed by atoms with Crippen molar-refractivity contribution in [1.82, 2.24) is 10.2 Å². The Morgan fingerprint density at radius 1 is 1.35 bits per heavy atom. The van der Waals surface area contributed by atoms with Gasteiger partial charge in [-0.05, 0) is 48.6 Å². The zero-order valence-corrected chi connectivity index (χ0v) is 11.7. The molecule has 4 nitrogen and oxygen atoms in total. The van der Waals surface area contributed by atoms with Crippen LogP contribution in [0.3, 0.4) is 0 Å². The third-order valence-corrected chi connectivity index (χ3v) is 3.43. The van der Waals surface area contributed by atoms with Gasteiger partial charge in [0.2, 0.25) is 0 Å². The van der Waals surface area contributed by atoms with E-state index >= 15 is 0 Å². The first-order valence-corrected chi connectivity index (χ1v) is 6.25. The number of carbonyl (C=O) groups excluding carboxylic acids is 1. The maximum absolute atomic E-state index is 12.1. The number of halogens is 1. The molecule has 0 fully saturated rings. The van der Waals surface area contributed by atoms with Crippen LogP contribution in [0.2, 0.25) is 0 Å². The molecule has 0 unspecified atom stereocenters. The highest BCUT2D eigenvalue weighted by Gasteiger charge is 2.13. The summed E-state index contributed by atoms with van der Waals surface area (Å²) in [7, 11) is 0. The van der Waals surface area contributed by atoms with Crippen LogP contribution in [0.15, 0.2) is 24.3 Å². The van der Waals surface area contributed by atoms with Gasteiger partial charge in [0.25, 0.3) is 5.91 Å². The average Bonchev–Trinajstić information content (AvgIpc) is 2.61. The molecule has 0 aliphatic heterocycles. The van der Waals surface area contributed by atoms with Crippen LogP contribution < -0.4 is 5.32 Å². The number of aromatic nitrogens is 2. The van der Waals surface area contributed by atoms with Crippen molar-refractivity contribution in [2.75, 3.05) is 5.32 Å². The third-order valence-electron chi connectivity index (χ3n) is 2.49. The minimum Gasteiger partial charge on any atom is -0.319 e. The highest BCUT2D eigenvalue weighted by Crippen LogP contribution is 2.19. The van der Waals surface area contributed by atoms with Crippen molar-refractivity contribution in [2.45, 2.75) is 13.8 Å². The van der Waals surface area contributed by atoms with Crippen LogP contribution >= 0.6 is 22.6 Å². The van der Waals surface area contributed by atoms with E-state index in [-0.39, 0.29) is 5.91 Å². The first-order chi connectivity index (χ1) is 8.09. The molecule has 0 bridgehead atoms. The average molecular weight is 341 g/mol. The lowest BCUT2D eigenvalue weighted by molar-refractivity contribution is 0.102. The van der Waals surface area contributed by atoms with Crippen LogP contribution in [-0.2, 0) is 0 Å². The zero-order chi connectivity index (χ0) is 12.4. The molecule has 1 aromatic heterocycles. The molecule has 0 spiro atoms. The summed E-state index contributed by atoms with van der Waals surface area (Å²) in [6.07, 6.45) is 0. The van der Waals surface area contributed by atoms with Gasteiger partial charge in [-0.25, -0.2) is 0 Å². The van der Waals surface area contributed by atoms with Crippen molar-refractivity contribution in [1.29, 1.82) is 0 Å². The van der Waals surface area contributed by atoms with Crippen LogP contribution in [0.25, 0.3) is 0 Å². The molecule has 2 rings (SSSR count). The molecule has 88 valence electrons. The first kappa shape index (κ1) is 12.1. The van der Waals surface area contributed by atoms with Crippen LogP contribution in [0.4, 0.5) is 5.69 Å². The molecular formula is C12H12IN3O. The maximum atomic E-state index is 12.1. The van der Waals surface area contributed by atoms with E-state index in [0.717, 1.165) is 20.6 Å². The predicted octanol–water partition coefficient (Wildman–Crippen LogP) is 2.88. The van der Waals surface area contributed by atoms with Crippen LogP contribution in [0, 0.1) is 17.4 Å². The Hall–Kier alpha value is -1.37. The number of carbonyl (C=O) groups is 1. The van der Waals surface area contributed by atoms with E-state index in [1.54, 1.807) is 0 Å². The van der Waals surface area contributed by atoms with Gasteiger partial charge in [-0.15, -0.1) is 0 Å². The quantitative estimate of drug-likeness (QED) is 0.826. The second kappa shape index (κ2) is 4.87. The molecule has 0 radical (unpaired) electrons. The van der Waals surface area contributed by atoms with E-state index < -0.39 is 0 Å². The van der Waals surface area contributed by atoms with E-state index in [9.17, 15) is 4.79 Å². The fourth-order valence-electron chi connectivity index (χ4n) is 1.56. The summed E-state index contributed by atoms with van der Waals surface area (Å²) in [5.41, 5.74) is 3.09.